The number of ether oxygens (including phenoxy) is 2. The largest absolute Gasteiger partial charge is 0.497 e. The first-order chi connectivity index (χ1) is 9.78. The van der Waals surface area contributed by atoms with Crippen molar-refractivity contribution in [2.75, 3.05) is 19.5 Å². The lowest BCUT2D eigenvalue weighted by molar-refractivity contribution is 0.415. The number of hydrogen-bond acceptors (Lipinski definition) is 4. The summed E-state index contributed by atoms with van der Waals surface area (Å²) in [6.45, 7) is 0. The second-order valence-corrected chi connectivity index (χ2v) is 4.32. The zero-order valence-corrected chi connectivity index (χ0v) is 11.3. The number of nitrogens with zero attached hydrogens (tertiary/aromatic N) is 1. The highest BCUT2D eigenvalue weighted by atomic mass is 16.5. The molecule has 3 aromatic rings. The molecule has 0 aliphatic rings. The van der Waals surface area contributed by atoms with E-state index in [2.05, 4.69) is 15.3 Å². The van der Waals surface area contributed by atoms with Crippen molar-refractivity contribution < 1.29 is 9.47 Å². The molecular formula is C15H15N3O2. The fraction of sp³-hybridized carbons (Fsp3) is 0.133. The summed E-state index contributed by atoms with van der Waals surface area (Å²) >= 11 is 0. The van der Waals surface area contributed by atoms with Crippen LogP contribution in [0.2, 0.25) is 0 Å². The van der Waals surface area contributed by atoms with Crippen molar-refractivity contribution in [3.05, 3.63) is 42.5 Å². The van der Waals surface area contributed by atoms with Crippen molar-refractivity contribution in [1.29, 1.82) is 0 Å². The minimum Gasteiger partial charge on any atom is -0.497 e. The minimum atomic E-state index is 0.693. The first-order valence-electron chi connectivity index (χ1n) is 6.23. The second-order valence-electron chi connectivity index (χ2n) is 4.32. The van der Waals surface area contributed by atoms with Crippen LogP contribution in [-0.4, -0.2) is 24.2 Å². The van der Waals surface area contributed by atoms with Gasteiger partial charge in [-0.1, -0.05) is 0 Å². The Morgan fingerprint density at radius 1 is 0.950 bits per heavy atom. The Morgan fingerprint density at radius 2 is 1.65 bits per heavy atom. The molecule has 0 amide bonds. The van der Waals surface area contributed by atoms with Crippen LogP contribution in [0.25, 0.3) is 11.0 Å². The van der Waals surface area contributed by atoms with E-state index in [1.165, 1.54) is 0 Å². The number of hydrogen-bond donors (Lipinski definition) is 2. The van der Waals surface area contributed by atoms with Gasteiger partial charge in [0.1, 0.15) is 11.5 Å². The third kappa shape index (κ3) is 2.38. The van der Waals surface area contributed by atoms with Crippen LogP contribution in [0, 0.1) is 0 Å². The molecule has 3 rings (SSSR count). The number of aromatic amines is 1. The number of fused-ring (bicyclic) bond motifs is 1. The number of anilines is 2. The molecule has 0 atom stereocenters. The molecule has 0 saturated carbocycles. The molecule has 20 heavy (non-hydrogen) atoms. The molecule has 0 radical (unpaired) electrons. The molecule has 5 nitrogen and oxygen atoms in total. The normalized spacial score (nSPS) is 10.5. The maximum Gasteiger partial charge on any atom is 0.205 e. The quantitative estimate of drug-likeness (QED) is 0.762. The van der Waals surface area contributed by atoms with E-state index in [1.807, 2.05) is 42.5 Å². The Labute approximate surface area is 116 Å². The average Bonchev–Trinajstić information content (AvgIpc) is 2.89. The lowest BCUT2D eigenvalue weighted by Crippen LogP contribution is -1.92. The fourth-order valence-electron chi connectivity index (χ4n) is 1.99. The van der Waals surface area contributed by atoms with Gasteiger partial charge >= 0.3 is 0 Å². The molecule has 0 unspecified atom stereocenters. The SMILES string of the molecule is COc1ccc(Nc2nc3ccc(OC)cc3[nH]2)cc1. The highest BCUT2D eigenvalue weighted by Gasteiger charge is 2.04. The van der Waals surface area contributed by atoms with Gasteiger partial charge in [-0.3, -0.25) is 0 Å². The van der Waals surface area contributed by atoms with Crippen molar-refractivity contribution in [2.24, 2.45) is 0 Å². The van der Waals surface area contributed by atoms with Gasteiger partial charge in [0.05, 0.1) is 25.3 Å². The molecule has 1 heterocycles. The van der Waals surface area contributed by atoms with Crippen LogP contribution in [-0.2, 0) is 0 Å². The van der Waals surface area contributed by atoms with Gasteiger partial charge in [0.15, 0.2) is 0 Å². The van der Waals surface area contributed by atoms with Crippen LogP contribution in [0.15, 0.2) is 42.5 Å². The predicted molar refractivity (Wildman–Crippen MR) is 78.9 cm³/mol. The third-order valence-corrected chi connectivity index (χ3v) is 3.04. The van der Waals surface area contributed by atoms with E-state index < -0.39 is 0 Å². The van der Waals surface area contributed by atoms with Gasteiger partial charge in [-0.05, 0) is 36.4 Å². The molecule has 0 saturated heterocycles. The van der Waals surface area contributed by atoms with Crippen molar-refractivity contribution in [2.45, 2.75) is 0 Å². The Kier molecular flexibility index (Phi) is 3.16. The Morgan fingerprint density at radius 3 is 2.35 bits per heavy atom. The van der Waals surface area contributed by atoms with Gasteiger partial charge in [-0.2, -0.15) is 0 Å². The maximum absolute atomic E-state index is 5.19. The molecule has 2 aromatic carbocycles. The first kappa shape index (κ1) is 12.3. The zero-order chi connectivity index (χ0) is 13.9. The van der Waals surface area contributed by atoms with Crippen molar-refractivity contribution in [3.8, 4) is 11.5 Å². The molecule has 0 bridgehead atoms. The van der Waals surface area contributed by atoms with E-state index in [0.29, 0.717) is 5.95 Å². The Balaban J connectivity index is 1.86. The summed E-state index contributed by atoms with van der Waals surface area (Å²) in [5.41, 5.74) is 2.76. The van der Waals surface area contributed by atoms with Crippen LogP contribution >= 0.6 is 0 Å². The lowest BCUT2D eigenvalue weighted by atomic mass is 10.3. The minimum absolute atomic E-state index is 0.693. The molecule has 1 aromatic heterocycles. The van der Waals surface area contributed by atoms with Gasteiger partial charge < -0.3 is 19.8 Å². The van der Waals surface area contributed by atoms with E-state index >= 15 is 0 Å². The van der Waals surface area contributed by atoms with Crippen molar-refractivity contribution in [3.63, 3.8) is 0 Å². The fourth-order valence-corrected chi connectivity index (χ4v) is 1.99. The van der Waals surface area contributed by atoms with Gasteiger partial charge in [-0.15, -0.1) is 0 Å². The number of nitrogens with one attached hydrogen (secondary N) is 2. The topological polar surface area (TPSA) is 59.2 Å². The number of aromatic nitrogens is 2. The summed E-state index contributed by atoms with van der Waals surface area (Å²) in [4.78, 5) is 7.69. The summed E-state index contributed by atoms with van der Waals surface area (Å²) in [6.07, 6.45) is 0. The molecule has 0 aliphatic heterocycles. The number of methoxy groups -OCH3 is 2. The highest BCUT2D eigenvalue weighted by molar-refractivity contribution is 5.79. The van der Waals surface area contributed by atoms with Crippen molar-refractivity contribution in [1.82, 2.24) is 9.97 Å². The van der Waals surface area contributed by atoms with Gasteiger partial charge in [0.2, 0.25) is 5.95 Å². The molecule has 0 spiro atoms. The highest BCUT2D eigenvalue weighted by Crippen LogP contribution is 2.23. The third-order valence-electron chi connectivity index (χ3n) is 3.04. The lowest BCUT2D eigenvalue weighted by Gasteiger charge is -2.03. The van der Waals surface area contributed by atoms with Crippen LogP contribution in [0.5, 0.6) is 11.5 Å². The average molecular weight is 269 g/mol. The van der Waals surface area contributed by atoms with Crippen LogP contribution < -0.4 is 14.8 Å². The van der Waals surface area contributed by atoms with E-state index in [1.54, 1.807) is 14.2 Å². The maximum atomic E-state index is 5.19. The Bertz CT molecular complexity index is 720. The first-order valence-corrected chi connectivity index (χ1v) is 6.23. The number of H-pyrrole nitrogens is 1. The van der Waals surface area contributed by atoms with Crippen LogP contribution in [0.1, 0.15) is 0 Å². The van der Waals surface area contributed by atoms with Crippen molar-refractivity contribution >= 4 is 22.7 Å². The number of rotatable bonds is 4. The Hall–Kier alpha value is -2.69. The van der Waals surface area contributed by atoms with Crippen LogP contribution in [0.3, 0.4) is 0 Å². The second kappa shape index (κ2) is 5.13. The zero-order valence-electron chi connectivity index (χ0n) is 11.3. The standard InChI is InChI=1S/C15H15N3O2/c1-19-11-5-3-10(4-6-11)16-15-17-13-8-7-12(20-2)9-14(13)18-15/h3-9H,1-2H3,(H2,16,17,18). The molecule has 102 valence electrons. The van der Waals surface area contributed by atoms with E-state index in [0.717, 1.165) is 28.2 Å². The van der Waals surface area contributed by atoms with Gasteiger partial charge in [-0.25, -0.2) is 4.98 Å². The number of benzene rings is 2. The summed E-state index contributed by atoms with van der Waals surface area (Å²) < 4.78 is 10.3. The predicted octanol–water partition coefficient (Wildman–Crippen LogP) is 3.32. The summed E-state index contributed by atoms with van der Waals surface area (Å²) in [7, 11) is 3.29. The molecule has 0 fully saturated rings. The molecule has 2 N–H and O–H groups in total. The molecule has 0 aliphatic carbocycles. The number of imidazole rings is 1. The summed E-state index contributed by atoms with van der Waals surface area (Å²) in [6, 6.07) is 13.4. The van der Waals surface area contributed by atoms with E-state index in [-0.39, 0.29) is 0 Å². The smallest absolute Gasteiger partial charge is 0.205 e. The van der Waals surface area contributed by atoms with Gasteiger partial charge in [0.25, 0.3) is 0 Å². The van der Waals surface area contributed by atoms with Gasteiger partial charge in [0, 0.05) is 11.8 Å². The van der Waals surface area contributed by atoms with Crippen LogP contribution in [0.4, 0.5) is 11.6 Å². The molecular weight excluding hydrogens is 254 g/mol. The summed E-state index contributed by atoms with van der Waals surface area (Å²) in [5, 5.41) is 3.22. The van der Waals surface area contributed by atoms with E-state index in [4.69, 9.17) is 9.47 Å². The summed E-state index contributed by atoms with van der Waals surface area (Å²) in [5.74, 6) is 2.32. The molecule has 5 heteroatoms. The monoisotopic (exact) mass is 269 g/mol. The van der Waals surface area contributed by atoms with E-state index in [9.17, 15) is 0 Å².